The quantitative estimate of drug-likeness (QED) is 0.0369. The van der Waals surface area contributed by atoms with Crippen molar-refractivity contribution in [2.75, 3.05) is 25.0 Å². The van der Waals surface area contributed by atoms with E-state index in [1.54, 1.807) is 35.6 Å². The van der Waals surface area contributed by atoms with Gasteiger partial charge < -0.3 is 36.3 Å². The summed E-state index contributed by atoms with van der Waals surface area (Å²) < 4.78 is 0. The highest BCUT2D eigenvalue weighted by atomic mass is 32.1. The predicted molar refractivity (Wildman–Crippen MR) is 275 cm³/mol. The van der Waals surface area contributed by atoms with E-state index in [1.165, 1.54) is 17.7 Å². The van der Waals surface area contributed by atoms with Crippen molar-refractivity contribution < 1.29 is 29.1 Å². The molecule has 2 fully saturated rings. The van der Waals surface area contributed by atoms with Crippen molar-refractivity contribution in [2.24, 2.45) is 5.41 Å². The monoisotopic (exact) mass is 974 g/mol. The molecule has 6 N–H and O–H groups in total. The molecule has 7 rings (SSSR count). The molecule has 5 aromatic rings. The molecule has 374 valence electrons. The number of carbonyl (C=O) groups is 5. The first-order valence-corrected chi connectivity index (χ1v) is 26.0. The van der Waals surface area contributed by atoms with E-state index in [4.69, 9.17) is 4.98 Å². The topological polar surface area (TPSA) is 202 Å². The molecule has 4 heterocycles. The number of fused-ring (bicyclic) bond motifs is 1. The average Bonchev–Trinajstić information content (AvgIpc) is 4.15. The summed E-state index contributed by atoms with van der Waals surface area (Å²) in [5.74, 6) is -0.410. The van der Waals surface area contributed by atoms with Crippen LogP contribution >= 0.6 is 11.3 Å². The van der Waals surface area contributed by atoms with Gasteiger partial charge in [0.2, 0.25) is 17.7 Å². The summed E-state index contributed by atoms with van der Waals surface area (Å²) >= 11 is 1.58. The van der Waals surface area contributed by atoms with Crippen molar-refractivity contribution in [1.82, 2.24) is 40.7 Å². The highest BCUT2D eigenvalue weighted by Crippen LogP contribution is 2.29. The summed E-state index contributed by atoms with van der Waals surface area (Å²) in [6.07, 6.45) is 9.63. The van der Waals surface area contributed by atoms with Gasteiger partial charge >= 0.3 is 0 Å². The molecule has 3 aromatic carbocycles. The van der Waals surface area contributed by atoms with Crippen LogP contribution in [0.4, 0.5) is 5.69 Å². The van der Waals surface area contributed by atoms with E-state index in [9.17, 15) is 29.1 Å². The molecule has 16 heteroatoms. The largest absolute Gasteiger partial charge is 0.391 e. The number of carbonyl (C=O) groups excluding carboxylic acids is 5. The number of aliphatic hydroxyl groups is 1. The number of aromatic nitrogens is 3. The number of benzene rings is 3. The summed E-state index contributed by atoms with van der Waals surface area (Å²) in [5.41, 5.74) is 7.51. The number of unbranched alkanes of at least 4 members (excludes halogenated alkanes) is 7. The molecule has 0 unspecified atom stereocenters. The van der Waals surface area contributed by atoms with Crippen LogP contribution in [0.3, 0.4) is 0 Å². The van der Waals surface area contributed by atoms with E-state index < -0.39 is 23.6 Å². The molecular formula is C54H71N9O6S. The van der Waals surface area contributed by atoms with Crippen molar-refractivity contribution in [2.45, 2.75) is 149 Å². The molecule has 0 aliphatic carbocycles. The second kappa shape index (κ2) is 24.2. The molecule has 5 amide bonds. The maximum Gasteiger partial charge on any atom is 0.255 e. The molecule has 2 saturated heterocycles. The van der Waals surface area contributed by atoms with Gasteiger partial charge in [-0.05, 0) is 105 Å². The number of aromatic amines is 1. The predicted octanol–water partition coefficient (Wildman–Crippen LogP) is 8.28. The summed E-state index contributed by atoms with van der Waals surface area (Å²) in [6.45, 7) is 12.6. The minimum Gasteiger partial charge on any atom is -0.391 e. The number of thiazole rings is 1. The summed E-state index contributed by atoms with van der Waals surface area (Å²) in [7, 11) is 0. The van der Waals surface area contributed by atoms with Gasteiger partial charge in [0.25, 0.3) is 11.8 Å². The third-order valence-corrected chi connectivity index (χ3v) is 14.5. The van der Waals surface area contributed by atoms with Gasteiger partial charge in [0, 0.05) is 55.3 Å². The minimum absolute atomic E-state index is 0.0283. The van der Waals surface area contributed by atoms with Crippen LogP contribution < -0.4 is 21.3 Å². The van der Waals surface area contributed by atoms with Crippen molar-refractivity contribution in [3.63, 3.8) is 0 Å². The maximum atomic E-state index is 14.0. The number of hydrogen-bond donors (Lipinski definition) is 6. The Bertz CT molecular complexity index is 2570. The fraction of sp³-hybridized carbons (Fsp3) is 0.500. The van der Waals surface area contributed by atoms with Gasteiger partial charge in [-0.2, -0.15) is 0 Å². The Hall–Kier alpha value is -5.97. The molecule has 0 spiro atoms. The normalized spacial score (nSPS) is 17.7. The Kier molecular flexibility index (Phi) is 18.0. The number of rotatable bonds is 22. The molecule has 0 radical (unpaired) electrons. The van der Waals surface area contributed by atoms with Crippen molar-refractivity contribution in [3.05, 3.63) is 100 Å². The highest BCUT2D eigenvalue weighted by molar-refractivity contribution is 7.13. The molecule has 0 saturated carbocycles. The van der Waals surface area contributed by atoms with E-state index >= 15 is 0 Å². The summed E-state index contributed by atoms with van der Waals surface area (Å²) in [6, 6.07) is 19.1. The summed E-state index contributed by atoms with van der Waals surface area (Å²) in [4.78, 5) is 83.9. The van der Waals surface area contributed by atoms with E-state index in [0.717, 1.165) is 96.6 Å². The molecule has 2 aliphatic heterocycles. The van der Waals surface area contributed by atoms with Crippen LogP contribution in [0.2, 0.25) is 0 Å². The first kappa shape index (κ1) is 51.9. The number of nitrogens with zero attached hydrogens (tertiary/aromatic N) is 4. The lowest BCUT2D eigenvalue weighted by Gasteiger charge is -2.35. The van der Waals surface area contributed by atoms with Crippen LogP contribution in [0.15, 0.2) is 72.2 Å². The van der Waals surface area contributed by atoms with Gasteiger partial charge in [0.15, 0.2) is 0 Å². The third-order valence-electron chi connectivity index (χ3n) is 13.6. The number of amides is 5. The van der Waals surface area contributed by atoms with E-state index in [1.807, 2.05) is 75.7 Å². The Morgan fingerprint density at radius 2 is 1.56 bits per heavy atom. The van der Waals surface area contributed by atoms with Crippen molar-refractivity contribution >= 4 is 57.6 Å². The van der Waals surface area contributed by atoms with E-state index in [2.05, 4.69) is 43.1 Å². The van der Waals surface area contributed by atoms with Crippen molar-refractivity contribution in [3.8, 4) is 10.4 Å². The molecule has 2 aliphatic rings. The number of likely N-dealkylation sites (tertiary alicyclic amines) is 2. The van der Waals surface area contributed by atoms with Gasteiger partial charge in [0.1, 0.15) is 17.9 Å². The average molecular weight is 974 g/mol. The number of β-amino-alcohol motifs (C(OH)–C–C–N with tert-alkyl or cyclic N) is 1. The number of nitrogens with one attached hydrogen (secondary N) is 5. The Morgan fingerprint density at radius 1 is 0.871 bits per heavy atom. The maximum absolute atomic E-state index is 14.0. The molecule has 2 aromatic heterocycles. The van der Waals surface area contributed by atoms with Crippen LogP contribution in [0.25, 0.3) is 21.5 Å². The van der Waals surface area contributed by atoms with Gasteiger partial charge in [-0.1, -0.05) is 83.6 Å². The van der Waals surface area contributed by atoms with Gasteiger partial charge in [-0.3, -0.25) is 28.9 Å². The lowest BCUT2D eigenvalue weighted by molar-refractivity contribution is -0.144. The Morgan fingerprint density at radius 3 is 2.21 bits per heavy atom. The third kappa shape index (κ3) is 14.1. The summed E-state index contributed by atoms with van der Waals surface area (Å²) in [5, 5.41) is 22.4. The van der Waals surface area contributed by atoms with Crippen LogP contribution in [0, 0.1) is 12.3 Å². The van der Waals surface area contributed by atoms with Crippen LogP contribution in [-0.4, -0.2) is 103 Å². The lowest BCUT2D eigenvalue weighted by Crippen LogP contribution is -2.57. The number of aliphatic hydroxyl groups excluding tert-OH is 1. The zero-order chi connectivity index (χ0) is 49.8. The zero-order valence-electron chi connectivity index (χ0n) is 41.4. The zero-order valence-corrected chi connectivity index (χ0v) is 42.3. The van der Waals surface area contributed by atoms with Crippen molar-refractivity contribution in [1.29, 1.82) is 0 Å². The minimum atomic E-state index is -0.856. The smallest absolute Gasteiger partial charge is 0.255 e. The molecule has 0 bridgehead atoms. The second-order valence-corrected chi connectivity index (χ2v) is 21.0. The Balaban J connectivity index is 0.740. The Labute approximate surface area is 416 Å². The number of hydrogen-bond acceptors (Lipinski definition) is 10. The standard InChI is InChI=1S/C54H71N9O6S/c1-35-15-14-28-62(35)33-46-59-43-26-25-41(29-44(43)60-46)58-51(67)40-23-21-39(22-24-40)50(66)55-27-13-11-9-7-6-8-10-12-16-47(65)61-49(54(3,4)5)53(69)63-32-42(64)30-45(63)52(68)56-31-37-17-19-38(20-18-37)48-36(2)57-34-70-48/h17-26,29,34-35,42,45,49,64H,6-16,27-28,30-33H2,1-5H3,(H,55,66)(H,56,68)(H,58,67)(H,59,60)(H,61,65)/t35-,42-,45+,49-/m1/s1. The van der Waals surface area contributed by atoms with Crippen LogP contribution in [0.5, 0.6) is 0 Å². The first-order chi connectivity index (χ1) is 33.6. The SMILES string of the molecule is Cc1ncsc1-c1ccc(CNC(=O)[C@@H]2C[C@@H](O)CN2C(=O)[C@@H](NC(=O)CCCCCCCCCCNC(=O)c2ccc(C(=O)Nc3ccc4[nH]c(CN5CCC[C@H]5C)nc4c3)cc2)C(C)(C)C)cc1. The molecular weight excluding hydrogens is 903 g/mol. The van der Waals surface area contributed by atoms with Crippen LogP contribution in [0.1, 0.15) is 143 Å². The highest BCUT2D eigenvalue weighted by Gasteiger charge is 2.44. The molecule has 70 heavy (non-hydrogen) atoms. The lowest BCUT2D eigenvalue weighted by atomic mass is 9.85. The first-order valence-electron chi connectivity index (χ1n) is 25.1. The second-order valence-electron chi connectivity index (χ2n) is 20.2. The van der Waals surface area contributed by atoms with Gasteiger partial charge in [-0.15, -0.1) is 11.3 Å². The number of H-pyrrole nitrogens is 1. The fourth-order valence-electron chi connectivity index (χ4n) is 9.40. The van der Waals surface area contributed by atoms with E-state index in [-0.39, 0.29) is 49.0 Å². The van der Waals surface area contributed by atoms with Crippen LogP contribution in [-0.2, 0) is 27.5 Å². The number of aryl methyl sites for hydroxylation is 1. The molecule has 15 nitrogen and oxygen atoms in total. The van der Waals surface area contributed by atoms with E-state index in [0.29, 0.717) is 42.2 Å². The van der Waals surface area contributed by atoms with Gasteiger partial charge in [-0.25, -0.2) is 9.97 Å². The fourth-order valence-corrected chi connectivity index (χ4v) is 10.2. The van der Waals surface area contributed by atoms with Gasteiger partial charge in [0.05, 0.1) is 39.8 Å². The number of anilines is 1. The molecule has 4 atom stereocenters. The number of imidazole rings is 1.